The van der Waals surface area contributed by atoms with E-state index in [4.69, 9.17) is 5.11 Å². The fourth-order valence-corrected chi connectivity index (χ4v) is 2.42. The van der Waals surface area contributed by atoms with Gasteiger partial charge in [0.15, 0.2) is 0 Å². The third-order valence-corrected chi connectivity index (χ3v) is 3.74. The minimum atomic E-state index is -1.07. The van der Waals surface area contributed by atoms with Gasteiger partial charge in [-0.25, -0.2) is 9.18 Å². The normalized spacial score (nSPS) is 10.7. The molecule has 0 saturated carbocycles. The summed E-state index contributed by atoms with van der Waals surface area (Å²) in [5, 5.41) is 16.8. The monoisotopic (exact) mass is 281 g/mol. The predicted octanol–water partition coefficient (Wildman–Crippen LogP) is 2.25. The van der Waals surface area contributed by atoms with Crippen LogP contribution in [0.5, 0.6) is 0 Å². The first-order valence-corrected chi connectivity index (χ1v) is 6.48. The number of nitrogens with zero attached hydrogens (tertiary/aromatic N) is 3. The van der Waals surface area contributed by atoms with Crippen LogP contribution in [0.2, 0.25) is 0 Å². The summed E-state index contributed by atoms with van der Waals surface area (Å²) in [7, 11) is 1.83. The molecule has 0 aliphatic heterocycles. The lowest BCUT2D eigenvalue weighted by Crippen LogP contribution is -1.99. The average Bonchev–Trinajstić information content (AvgIpc) is 2.69. The molecule has 0 amide bonds. The molecule has 7 heteroatoms. The quantitative estimate of drug-likeness (QED) is 0.871. The number of aryl methyl sites for hydroxylation is 1. The van der Waals surface area contributed by atoms with E-state index in [0.717, 1.165) is 11.9 Å². The van der Waals surface area contributed by atoms with Gasteiger partial charge in [0.25, 0.3) is 0 Å². The molecule has 0 bridgehead atoms. The topological polar surface area (TPSA) is 68.0 Å². The first-order valence-electron chi connectivity index (χ1n) is 5.49. The van der Waals surface area contributed by atoms with E-state index in [9.17, 15) is 9.18 Å². The molecule has 0 atom stereocenters. The maximum absolute atomic E-state index is 13.6. The van der Waals surface area contributed by atoms with Crippen molar-refractivity contribution in [3.05, 3.63) is 41.2 Å². The third kappa shape index (κ3) is 2.93. The van der Waals surface area contributed by atoms with Gasteiger partial charge in [-0.1, -0.05) is 0 Å². The van der Waals surface area contributed by atoms with Crippen LogP contribution in [-0.2, 0) is 12.8 Å². The molecule has 19 heavy (non-hydrogen) atoms. The number of aromatic carboxylic acids is 1. The van der Waals surface area contributed by atoms with Crippen molar-refractivity contribution in [1.82, 2.24) is 14.8 Å². The predicted molar refractivity (Wildman–Crippen MR) is 68.7 cm³/mol. The molecule has 0 radical (unpaired) electrons. The highest BCUT2D eigenvalue weighted by atomic mass is 32.2. The van der Waals surface area contributed by atoms with E-state index in [1.165, 1.54) is 23.9 Å². The van der Waals surface area contributed by atoms with Crippen molar-refractivity contribution in [2.75, 3.05) is 0 Å². The Kier molecular flexibility index (Phi) is 3.84. The van der Waals surface area contributed by atoms with Crippen LogP contribution in [0, 0.1) is 12.7 Å². The van der Waals surface area contributed by atoms with Gasteiger partial charge >= 0.3 is 5.97 Å². The summed E-state index contributed by atoms with van der Waals surface area (Å²) in [5.74, 6) is 0.403. The number of carboxylic acids is 1. The molecule has 1 aromatic heterocycles. The molecular formula is C12H12FN3O2S. The van der Waals surface area contributed by atoms with E-state index in [1.54, 1.807) is 0 Å². The zero-order valence-electron chi connectivity index (χ0n) is 10.4. The van der Waals surface area contributed by atoms with Gasteiger partial charge in [-0.2, -0.15) is 0 Å². The lowest BCUT2D eigenvalue weighted by atomic mass is 10.2. The summed E-state index contributed by atoms with van der Waals surface area (Å²) in [6.45, 7) is 1.83. The number of thioether (sulfide) groups is 1. The molecule has 1 N–H and O–H groups in total. The summed E-state index contributed by atoms with van der Waals surface area (Å²) < 4.78 is 15.4. The van der Waals surface area contributed by atoms with Gasteiger partial charge in [0, 0.05) is 11.9 Å². The molecular weight excluding hydrogens is 269 g/mol. The lowest BCUT2D eigenvalue weighted by molar-refractivity contribution is 0.0696. The first kappa shape index (κ1) is 13.5. The third-order valence-electron chi connectivity index (χ3n) is 2.72. The summed E-state index contributed by atoms with van der Waals surface area (Å²) >= 11 is 1.20. The van der Waals surface area contributed by atoms with Crippen molar-refractivity contribution >= 4 is 17.7 Å². The highest BCUT2D eigenvalue weighted by Crippen LogP contribution is 2.26. The standard InChI is InChI=1S/C12H12FN3O2S/c1-7-14-15-11(16(7)2)6-19-10-5-8(12(17)18)3-4-9(10)13/h3-5H,6H2,1-2H3,(H,17,18). The van der Waals surface area contributed by atoms with Crippen LogP contribution in [0.15, 0.2) is 23.1 Å². The zero-order valence-corrected chi connectivity index (χ0v) is 11.2. The van der Waals surface area contributed by atoms with E-state index in [-0.39, 0.29) is 5.56 Å². The molecule has 0 saturated heterocycles. The van der Waals surface area contributed by atoms with Crippen molar-refractivity contribution in [2.45, 2.75) is 17.6 Å². The molecule has 1 heterocycles. The Bertz CT molecular complexity index is 627. The minimum absolute atomic E-state index is 0.0676. The molecule has 2 aromatic rings. The maximum atomic E-state index is 13.6. The highest BCUT2D eigenvalue weighted by Gasteiger charge is 2.11. The van der Waals surface area contributed by atoms with Crippen LogP contribution in [0.3, 0.4) is 0 Å². The second-order valence-corrected chi connectivity index (χ2v) is 4.98. The van der Waals surface area contributed by atoms with Gasteiger partial charge in [0.05, 0.1) is 11.3 Å². The Hall–Kier alpha value is -1.89. The second-order valence-electron chi connectivity index (χ2n) is 3.96. The maximum Gasteiger partial charge on any atom is 0.335 e. The van der Waals surface area contributed by atoms with Gasteiger partial charge in [-0.15, -0.1) is 22.0 Å². The number of rotatable bonds is 4. The smallest absolute Gasteiger partial charge is 0.335 e. The average molecular weight is 281 g/mol. The summed E-state index contributed by atoms with van der Waals surface area (Å²) in [5.41, 5.74) is 0.0676. The van der Waals surface area contributed by atoms with E-state index >= 15 is 0 Å². The van der Waals surface area contributed by atoms with Crippen LogP contribution in [0.4, 0.5) is 4.39 Å². The van der Waals surface area contributed by atoms with Crippen LogP contribution in [0.1, 0.15) is 22.0 Å². The first-order chi connectivity index (χ1) is 8.99. The molecule has 1 aromatic carbocycles. The Morgan fingerprint density at radius 3 is 2.79 bits per heavy atom. The number of carboxylic acid groups (broad SMARTS) is 1. The second kappa shape index (κ2) is 5.40. The van der Waals surface area contributed by atoms with Crippen molar-refractivity contribution in [2.24, 2.45) is 7.05 Å². The van der Waals surface area contributed by atoms with Crippen LogP contribution in [-0.4, -0.2) is 25.8 Å². The molecule has 0 unspecified atom stereocenters. The largest absolute Gasteiger partial charge is 0.478 e. The van der Waals surface area contributed by atoms with Crippen molar-refractivity contribution < 1.29 is 14.3 Å². The summed E-state index contributed by atoms with van der Waals surface area (Å²) in [6.07, 6.45) is 0. The molecule has 0 aliphatic carbocycles. The summed E-state index contributed by atoms with van der Waals surface area (Å²) in [6, 6.07) is 3.73. The number of hydrogen-bond acceptors (Lipinski definition) is 4. The number of halogens is 1. The van der Waals surface area contributed by atoms with Gasteiger partial charge < -0.3 is 9.67 Å². The fraction of sp³-hybridized carbons (Fsp3) is 0.250. The minimum Gasteiger partial charge on any atom is -0.478 e. The number of aromatic nitrogens is 3. The van der Waals surface area contributed by atoms with Crippen LogP contribution < -0.4 is 0 Å². The van der Waals surface area contributed by atoms with Gasteiger partial charge in [-0.3, -0.25) is 0 Å². The molecule has 2 rings (SSSR count). The van der Waals surface area contributed by atoms with Gasteiger partial charge in [-0.05, 0) is 25.1 Å². The Balaban J connectivity index is 2.17. The lowest BCUT2D eigenvalue weighted by Gasteiger charge is -2.04. The Labute approximate surface area is 113 Å². The van der Waals surface area contributed by atoms with E-state index in [0.29, 0.717) is 16.5 Å². The van der Waals surface area contributed by atoms with Crippen molar-refractivity contribution in [3.63, 3.8) is 0 Å². The van der Waals surface area contributed by atoms with Crippen LogP contribution in [0.25, 0.3) is 0 Å². The molecule has 0 spiro atoms. The SMILES string of the molecule is Cc1nnc(CSc2cc(C(=O)O)ccc2F)n1C. The van der Waals surface area contributed by atoms with E-state index in [2.05, 4.69) is 10.2 Å². The molecule has 0 fully saturated rings. The molecule has 5 nitrogen and oxygen atoms in total. The number of benzene rings is 1. The van der Waals surface area contributed by atoms with Crippen LogP contribution >= 0.6 is 11.8 Å². The highest BCUT2D eigenvalue weighted by molar-refractivity contribution is 7.98. The number of hydrogen-bond donors (Lipinski definition) is 1. The fourth-order valence-electron chi connectivity index (χ4n) is 1.47. The molecule has 100 valence electrons. The molecule has 0 aliphatic rings. The number of carbonyl (C=O) groups is 1. The zero-order chi connectivity index (χ0) is 14.0. The van der Waals surface area contributed by atoms with E-state index < -0.39 is 11.8 Å². The van der Waals surface area contributed by atoms with Crippen molar-refractivity contribution in [1.29, 1.82) is 0 Å². The van der Waals surface area contributed by atoms with Gasteiger partial charge in [0.1, 0.15) is 17.5 Å². The van der Waals surface area contributed by atoms with Gasteiger partial charge in [0.2, 0.25) is 0 Å². The van der Waals surface area contributed by atoms with Crippen molar-refractivity contribution in [3.8, 4) is 0 Å². The Morgan fingerprint density at radius 2 is 2.21 bits per heavy atom. The Morgan fingerprint density at radius 1 is 1.47 bits per heavy atom. The summed E-state index contributed by atoms with van der Waals surface area (Å²) in [4.78, 5) is 11.1. The van der Waals surface area contributed by atoms with E-state index in [1.807, 2.05) is 18.5 Å².